The molecule has 0 rings (SSSR count). The van der Waals surface area contributed by atoms with Gasteiger partial charge in [-0.15, -0.1) is 0 Å². The molecule has 0 spiro atoms. The molecule has 0 heterocycles. The van der Waals surface area contributed by atoms with E-state index in [9.17, 15) is 15.0 Å². The summed E-state index contributed by atoms with van der Waals surface area (Å²) in [5.74, 6) is -0.0861. The number of aliphatic hydroxyl groups excluding tert-OH is 2. The Bertz CT molecular complexity index is 970. The van der Waals surface area contributed by atoms with Crippen molar-refractivity contribution in [3.05, 3.63) is 48.6 Å². The third kappa shape index (κ3) is 49.2. The number of unbranched alkanes of at least 4 members (excludes halogenated alkanes) is 37. The molecule has 2 unspecified atom stereocenters. The number of amides is 1. The van der Waals surface area contributed by atoms with E-state index in [2.05, 4.69) is 55.6 Å². The van der Waals surface area contributed by atoms with Gasteiger partial charge in [-0.3, -0.25) is 4.79 Å². The highest BCUT2D eigenvalue weighted by atomic mass is 16.3. The Hall–Kier alpha value is -1.65. The first-order chi connectivity index (χ1) is 30.2. The summed E-state index contributed by atoms with van der Waals surface area (Å²) in [6, 6.07) is -0.648. The molecule has 2 atom stereocenters. The van der Waals surface area contributed by atoms with Crippen LogP contribution in [0.1, 0.15) is 290 Å². The van der Waals surface area contributed by atoms with Gasteiger partial charge >= 0.3 is 0 Å². The number of nitrogens with one attached hydrogen (secondary N) is 1. The number of carbonyl (C=O) groups excluding carboxylic acids is 1. The summed E-state index contributed by atoms with van der Waals surface area (Å²) in [5.41, 5.74) is 0. The highest BCUT2D eigenvalue weighted by Crippen LogP contribution is 2.17. The first kappa shape index (κ1) is 59.4. The van der Waals surface area contributed by atoms with Crippen LogP contribution in [0.2, 0.25) is 0 Å². The fourth-order valence-electron chi connectivity index (χ4n) is 8.34. The first-order valence-electron chi connectivity index (χ1n) is 27.4. The predicted molar refractivity (Wildman–Crippen MR) is 271 cm³/mol. The van der Waals surface area contributed by atoms with Crippen molar-refractivity contribution in [2.45, 2.75) is 302 Å². The van der Waals surface area contributed by atoms with E-state index >= 15 is 0 Å². The van der Waals surface area contributed by atoms with Gasteiger partial charge in [-0.25, -0.2) is 0 Å². The number of rotatable bonds is 50. The number of allylic oxidation sites excluding steroid dienone is 7. The molecule has 0 saturated carbocycles. The molecule has 0 aromatic rings. The summed E-state index contributed by atoms with van der Waals surface area (Å²) < 4.78 is 0. The van der Waals surface area contributed by atoms with Gasteiger partial charge in [-0.2, -0.15) is 0 Å². The molecule has 4 nitrogen and oxygen atoms in total. The zero-order valence-electron chi connectivity index (χ0n) is 41.2. The van der Waals surface area contributed by atoms with Crippen molar-refractivity contribution in [2.75, 3.05) is 6.61 Å². The Morgan fingerprint density at radius 1 is 0.393 bits per heavy atom. The molecule has 0 aliphatic heterocycles. The van der Waals surface area contributed by atoms with Gasteiger partial charge in [0.25, 0.3) is 0 Å². The first-order valence-corrected chi connectivity index (χ1v) is 27.4. The molecule has 0 aliphatic rings. The molecule has 0 radical (unpaired) electrons. The molecule has 0 aromatic heterocycles. The molecule has 0 aliphatic carbocycles. The summed E-state index contributed by atoms with van der Waals surface area (Å²) >= 11 is 0. The van der Waals surface area contributed by atoms with Crippen molar-refractivity contribution in [1.29, 1.82) is 0 Å². The average molecular weight is 854 g/mol. The van der Waals surface area contributed by atoms with E-state index in [1.54, 1.807) is 6.08 Å². The maximum atomic E-state index is 12.4. The van der Waals surface area contributed by atoms with E-state index < -0.39 is 12.1 Å². The van der Waals surface area contributed by atoms with Gasteiger partial charge in [-0.05, 0) is 64.2 Å². The molecule has 0 aromatic carbocycles. The minimum atomic E-state index is -0.870. The molecule has 0 fully saturated rings. The maximum Gasteiger partial charge on any atom is 0.220 e. The third-order valence-corrected chi connectivity index (χ3v) is 12.5. The Balaban J connectivity index is 3.50. The number of aliphatic hydroxyl groups is 2. The van der Waals surface area contributed by atoms with Gasteiger partial charge in [0.1, 0.15) is 0 Å². The lowest BCUT2D eigenvalue weighted by Gasteiger charge is -2.19. The van der Waals surface area contributed by atoms with Crippen molar-refractivity contribution in [3.63, 3.8) is 0 Å². The quantitative estimate of drug-likeness (QED) is 0.0422. The molecule has 3 N–H and O–H groups in total. The average Bonchev–Trinajstić information content (AvgIpc) is 3.26. The predicted octanol–water partition coefficient (Wildman–Crippen LogP) is 17.9. The van der Waals surface area contributed by atoms with Crippen LogP contribution in [0.4, 0.5) is 0 Å². The van der Waals surface area contributed by atoms with Crippen molar-refractivity contribution in [2.24, 2.45) is 0 Å². The van der Waals surface area contributed by atoms with Gasteiger partial charge in [0.2, 0.25) is 5.91 Å². The topological polar surface area (TPSA) is 69.6 Å². The molecule has 61 heavy (non-hydrogen) atoms. The molecular weight excluding hydrogens is 747 g/mol. The van der Waals surface area contributed by atoms with Crippen LogP contribution < -0.4 is 5.32 Å². The van der Waals surface area contributed by atoms with Gasteiger partial charge < -0.3 is 15.5 Å². The van der Waals surface area contributed by atoms with E-state index in [0.29, 0.717) is 6.42 Å². The largest absolute Gasteiger partial charge is 0.394 e. The van der Waals surface area contributed by atoms with Crippen molar-refractivity contribution < 1.29 is 15.0 Å². The SMILES string of the molecule is CCCCCC/C=C\C/C=C\CCCCCCCC(=O)NC(CO)C(O)/C=C/CC/C=C/CCCCCCCCCCCCCCCCCCCCCCCCCCCCC. The van der Waals surface area contributed by atoms with E-state index in [-0.39, 0.29) is 12.5 Å². The van der Waals surface area contributed by atoms with E-state index in [1.165, 1.54) is 218 Å². The minimum Gasteiger partial charge on any atom is -0.394 e. The fraction of sp³-hybridized carbons (Fsp3) is 0.842. The van der Waals surface area contributed by atoms with Crippen LogP contribution in [-0.2, 0) is 4.79 Å². The Labute approximate surface area is 382 Å². The number of carbonyl (C=O) groups is 1. The van der Waals surface area contributed by atoms with E-state index in [4.69, 9.17) is 0 Å². The van der Waals surface area contributed by atoms with Gasteiger partial charge in [0, 0.05) is 6.42 Å². The Morgan fingerprint density at radius 2 is 0.689 bits per heavy atom. The highest BCUT2D eigenvalue weighted by Gasteiger charge is 2.17. The number of hydrogen-bond acceptors (Lipinski definition) is 3. The summed E-state index contributed by atoms with van der Waals surface area (Å²) in [6.07, 6.45) is 72.8. The molecular formula is C57H107NO3. The second-order valence-electron chi connectivity index (χ2n) is 18.6. The Morgan fingerprint density at radius 3 is 1.07 bits per heavy atom. The smallest absolute Gasteiger partial charge is 0.220 e. The molecule has 0 saturated heterocycles. The lowest BCUT2D eigenvalue weighted by molar-refractivity contribution is -0.123. The number of hydrogen-bond donors (Lipinski definition) is 3. The van der Waals surface area contributed by atoms with Crippen LogP contribution in [0.5, 0.6) is 0 Å². The lowest BCUT2D eigenvalue weighted by atomic mass is 10.0. The molecule has 4 heteroatoms. The van der Waals surface area contributed by atoms with Gasteiger partial charge in [0.05, 0.1) is 18.8 Å². The van der Waals surface area contributed by atoms with Crippen molar-refractivity contribution >= 4 is 5.91 Å². The van der Waals surface area contributed by atoms with Crippen LogP contribution in [0.15, 0.2) is 48.6 Å². The monoisotopic (exact) mass is 854 g/mol. The summed E-state index contributed by atoms with van der Waals surface area (Å²) in [7, 11) is 0. The fourth-order valence-corrected chi connectivity index (χ4v) is 8.34. The van der Waals surface area contributed by atoms with Crippen LogP contribution in [0.25, 0.3) is 0 Å². The summed E-state index contributed by atoms with van der Waals surface area (Å²) in [5, 5.41) is 23.1. The van der Waals surface area contributed by atoms with Crippen LogP contribution in [-0.4, -0.2) is 34.9 Å². The van der Waals surface area contributed by atoms with Crippen molar-refractivity contribution in [3.8, 4) is 0 Å². The molecule has 0 bridgehead atoms. The minimum absolute atomic E-state index is 0.0861. The van der Waals surface area contributed by atoms with Gasteiger partial charge in [-0.1, -0.05) is 268 Å². The van der Waals surface area contributed by atoms with Crippen LogP contribution in [0.3, 0.4) is 0 Å². The van der Waals surface area contributed by atoms with E-state index in [1.807, 2.05) is 6.08 Å². The second kappa shape index (κ2) is 52.7. The summed E-state index contributed by atoms with van der Waals surface area (Å²) in [4.78, 5) is 12.4. The maximum absolute atomic E-state index is 12.4. The van der Waals surface area contributed by atoms with Gasteiger partial charge in [0.15, 0.2) is 0 Å². The normalized spacial score (nSPS) is 13.2. The zero-order chi connectivity index (χ0) is 44.2. The third-order valence-electron chi connectivity index (χ3n) is 12.5. The Kier molecular flexibility index (Phi) is 51.3. The van der Waals surface area contributed by atoms with Crippen molar-refractivity contribution in [1.82, 2.24) is 5.32 Å². The van der Waals surface area contributed by atoms with Crippen LogP contribution in [0, 0.1) is 0 Å². The molecule has 358 valence electrons. The second-order valence-corrected chi connectivity index (χ2v) is 18.6. The van der Waals surface area contributed by atoms with Crippen LogP contribution >= 0.6 is 0 Å². The zero-order valence-corrected chi connectivity index (χ0v) is 41.2. The highest BCUT2D eigenvalue weighted by molar-refractivity contribution is 5.76. The van der Waals surface area contributed by atoms with E-state index in [0.717, 1.165) is 51.4 Å². The standard InChI is InChI=1S/C57H107NO3/c1-3-5-7-9-11-13-15-17-19-21-22-23-24-25-26-27-28-29-30-31-32-33-34-35-36-37-38-40-42-44-46-48-50-52-56(60)55(54-59)58-57(61)53-51-49-47-45-43-41-39-20-18-16-14-12-10-8-6-4-2/h14,16,20,39,42,44,50,52,55-56,59-60H,3-13,15,17-19,21-38,40-41,43,45-49,51,53-54H2,1-2H3,(H,58,61)/b16-14-,39-20-,44-42+,52-50+. The lowest BCUT2D eigenvalue weighted by Crippen LogP contribution is -2.45. The summed E-state index contributed by atoms with van der Waals surface area (Å²) in [6.45, 7) is 4.29. The molecule has 1 amide bonds.